The lowest BCUT2D eigenvalue weighted by molar-refractivity contribution is 0.297. The first-order valence-electron chi connectivity index (χ1n) is 3.41. The first-order valence-corrected chi connectivity index (χ1v) is 5.44. The van der Waals surface area contributed by atoms with Gasteiger partial charge in [-0.1, -0.05) is 5.92 Å². The fourth-order valence-electron chi connectivity index (χ4n) is 0.599. The molecule has 3 nitrogen and oxygen atoms in total. The van der Waals surface area contributed by atoms with Crippen LogP contribution in [0.5, 0.6) is 0 Å². The Hall–Kier alpha value is -0.290. The Morgan fingerprint density at radius 3 is 2.64 bits per heavy atom. The van der Waals surface area contributed by atoms with Crippen LogP contribution in [0.25, 0.3) is 0 Å². The third-order valence-corrected chi connectivity index (χ3v) is 3.43. The largest absolute Gasteiger partial charge is 0.318 e. The Morgan fingerprint density at radius 2 is 2.27 bits per heavy atom. The highest BCUT2D eigenvalue weighted by atomic mass is 31.2. The molecule has 64 valence electrons. The summed E-state index contributed by atoms with van der Waals surface area (Å²) in [5.41, 5.74) is 0. The van der Waals surface area contributed by atoms with E-state index in [0.29, 0.717) is 13.2 Å². The Balaban J connectivity index is 4.08. The Morgan fingerprint density at radius 1 is 1.73 bits per heavy atom. The monoisotopic (exact) mass is 175 g/mol. The summed E-state index contributed by atoms with van der Waals surface area (Å²) in [5.74, 6) is 2.41. The summed E-state index contributed by atoms with van der Waals surface area (Å²) < 4.78 is 18.1. The van der Waals surface area contributed by atoms with Gasteiger partial charge in [0, 0.05) is 6.66 Å². The molecule has 0 saturated carbocycles. The van der Waals surface area contributed by atoms with E-state index in [-0.39, 0.29) is 0 Å². The molecule has 0 fully saturated rings. The molecular weight excluding hydrogens is 161 g/mol. The zero-order chi connectivity index (χ0) is 8.91. The van der Waals surface area contributed by atoms with Gasteiger partial charge in [-0.25, -0.2) is 4.67 Å². The molecule has 0 heterocycles. The smallest absolute Gasteiger partial charge is 0.269 e. The van der Waals surface area contributed by atoms with Crippen LogP contribution in [-0.4, -0.2) is 31.5 Å². The molecule has 0 radical (unpaired) electrons. The van der Waals surface area contributed by atoms with Gasteiger partial charge in [-0.05, 0) is 14.0 Å². The van der Waals surface area contributed by atoms with Crippen LogP contribution < -0.4 is 0 Å². The van der Waals surface area contributed by atoms with Crippen molar-refractivity contribution >= 4 is 7.52 Å². The lowest BCUT2D eigenvalue weighted by atomic mass is 10.7. The second-order valence-electron chi connectivity index (χ2n) is 2.24. The van der Waals surface area contributed by atoms with Crippen molar-refractivity contribution < 1.29 is 9.09 Å². The summed E-state index contributed by atoms with van der Waals surface area (Å²) in [7, 11) is -0.918. The van der Waals surface area contributed by atoms with Crippen molar-refractivity contribution in [3.05, 3.63) is 0 Å². The lowest BCUT2D eigenvalue weighted by Crippen LogP contribution is -2.16. The van der Waals surface area contributed by atoms with Crippen molar-refractivity contribution in [2.75, 3.05) is 26.9 Å². The van der Waals surface area contributed by atoms with Crippen LogP contribution in [0.15, 0.2) is 0 Å². The first kappa shape index (κ1) is 10.7. The van der Waals surface area contributed by atoms with E-state index < -0.39 is 7.52 Å². The molecule has 0 rings (SSSR count). The minimum Gasteiger partial charge on any atom is -0.318 e. The Bertz CT molecular complexity index is 197. The zero-order valence-electron chi connectivity index (χ0n) is 7.20. The van der Waals surface area contributed by atoms with Gasteiger partial charge in [0.05, 0.1) is 13.2 Å². The van der Waals surface area contributed by atoms with E-state index >= 15 is 0 Å². The fraction of sp³-hybridized carbons (Fsp3) is 0.714. The molecule has 0 aromatic heterocycles. The predicted molar refractivity (Wildman–Crippen MR) is 46.6 cm³/mol. The molecule has 0 bridgehead atoms. The standard InChI is InChI=1S/C7H14NO2P/c1-5-7-8(3)11(4,9)10-6-2/h1H,6-7H2,2-4H3. The van der Waals surface area contributed by atoms with Gasteiger partial charge in [0.2, 0.25) is 0 Å². The minimum atomic E-state index is -2.61. The van der Waals surface area contributed by atoms with Crippen LogP contribution >= 0.6 is 7.52 Å². The summed E-state index contributed by atoms with van der Waals surface area (Å²) in [6, 6.07) is 0. The number of rotatable bonds is 4. The normalized spacial score (nSPS) is 15.9. The molecule has 0 aliphatic carbocycles. The summed E-state index contributed by atoms with van der Waals surface area (Å²) in [6.07, 6.45) is 5.05. The molecule has 0 saturated heterocycles. The molecule has 0 aromatic rings. The average molecular weight is 175 g/mol. The van der Waals surface area contributed by atoms with Crippen LogP contribution in [-0.2, 0) is 9.09 Å². The second-order valence-corrected chi connectivity index (χ2v) is 4.79. The maximum atomic E-state index is 11.5. The lowest BCUT2D eigenvalue weighted by Gasteiger charge is -2.21. The summed E-state index contributed by atoms with van der Waals surface area (Å²) in [4.78, 5) is 0. The van der Waals surface area contributed by atoms with Crippen molar-refractivity contribution in [3.8, 4) is 12.3 Å². The molecule has 1 atom stereocenters. The number of hydrogen-bond acceptors (Lipinski definition) is 2. The first-order chi connectivity index (χ1) is 5.04. The van der Waals surface area contributed by atoms with E-state index in [1.807, 2.05) is 0 Å². The van der Waals surface area contributed by atoms with E-state index in [9.17, 15) is 4.57 Å². The molecule has 0 aromatic carbocycles. The van der Waals surface area contributed by atoms with Crippen molar-refractivity contribution in [1.29, 1.82) is 0 Å². The van der Waals surface area contributed by atoms with Crippen LogP contribution in [0.2, 0.25) is 0 Å². The highest BCUT2D eigenvalue weighted by Crippen LogP contribution is 2.44. The van der Waals surface area contributed by atoms with Crippen molar-refractivity contribution in [1.82, 2.24) is 4.67 Å². The second kappa shape index (κ2) is 4.56. The summed E-state index contributed by atoms with van der Waals surface area (Å²) in [5, 5.41) is 0. The van der Waals surface area contributed by atoms with E-state index in [4.69, 9.17) is 10.9 Å². The van der Waals surface area contributed by atoms with Gasteiger partial charge in [0.25, 0.3) is 7.52 Å². The van der Waals surface area contributed by atoms with Gasteiger partial charge in [0.1, 0.15) is 0 Å². The van der Waals surface area contributed by atoms with Crippen LogP contribution in [0, 0.1) is 12.3 Å². The van der Waals surface area contributed by atoms with Gasteiger partial charge in [-0.2, -0.15) is 0 Å². The summed E-state index contributed by atoms with van der Waals surface area (Å²) >= 11 is 0. The summed E-state index contributed by atoms with van der Waals surface area (Å²) in [6.45, 7) is 4.17. The molecule has 0 amide bonds. The topological polar surface area (TPSA) is 29.5 Å². The number of terminal acetylenes is 1. The SMILES string of the molecule is C#CCN(C)P(C)(=O)OCC. The molecule has 4 heteroatoms. The molecule has 1 unspecified atom stereocenters. The van der Waals surface area contributed by atoms with Crippen molar-refractivity contribution in [2.24, 2.45) is 0 Å². The van der Waals surface area contributed by atoms with E-state index in [0.717, 1.165) is 0 Å². The minimum absolute atomic E-state index is 0.355. The van der Waals surface area contributed by atoms with Crippen molar-refractivity contribution in [2.45, 2.75) is 6.92 Å². The Labute approximate surface area is 68.2 Å². The van der Waals surface area contributed by atoms with Crippen LogP contribution in [0.3, 0.4) is 0 Å². The van der Waals surface area contributed by atoms with Crippen LogP contribution in [0.1, 0.15) is 6.92 Å². The molecule has 0 spiro atoms. The highest BCUT2D eigenvalue weighted by Gasteiger charge is 2.20. The van der Waals surface area contributed by atoms with Gasteiger partial charge in [-0.15, -0.1) is 6.42 Å². The molecule has 11 heavy (non-hydrogen) atoms. The molecule has 0 aliphatic rings. The number of hydrogen-bond donors (Lipinski definition) is 0. The van der Waals surface area contributed by atoms with Gasteiger partial charge in [0.15, 0.2) is 0 Å². The van der Waals surface area contributed by atoms with Gasteiger partial charge >= 0.3 is 0 Å². The maximum absolute atomic E-state index is 11.5. The molecular formula is C7H14NO2P. The van der Waals surface area contributed by atoms with E-state index in [1.165, 1.54) is 0 Å². The zero-order valence-corrected chi connectivity index (χ0v) is 8.10. The fourth-order valence-corrected chi connectivity index (χ4v) is 1.61. The highest BCUT2D eigenvalue weighted by molar-refractivity contribution is 7.55. The number of nitrogens with zero attached hydrogens (tertiary/aromatic N) is 1. The predicted octanol–water partition coefficient (Wildman–Crippen LogP) is 1.41. The van der Waals surface area contributed by atoms with Gasteiger partial charge in [-0.3, -0.25) is 4.57 Å². The van der Waals surface area contributed by atoms with Crippen molar-refractivity contribution in [3.63, 3.8) is 0 Å². The van der Waals surface area contributed by atoms with E-state index in [1.54, 1.807) is 25.3 Å². The third kappa shape index (κ3) is 3.57. The van der Waals surface area contributed by atoms with Gasteiger partial charge < -0.3 is 4.52 Å². The Kier molecular flexibility index (Phi) is 4.44. The molecule has 0 aliphatic heterocycles. The van der Waals surface area contributed by atoms with Crippen LogP contribution in [0.4, 0.5) is 0 Å². The van der Waals surface area contributed by atoms with E-state index in [2.05, 4.69) is 5.92 Å². The average Bonchev–Trinajstić information content (AvgIpc) is 1.88. The maximum Gasteiger partial charge on any atom is 0.269 e. The quantitative estimate of drug-likeness (QED) is 0.478. The third-order valence-electron chi connectivity index (χ3n) is 1.31. The molecule has 0 N–H and O–H groups in total.